The second-order valence-corrected chi connectivity index (χ2v) is 5.37. The molecule has 1 unspecified atom stereocenters. The predicted molar refractivity (Wildman–Crippen MR) is 91.0 cm³/mol. The van der Waals surface area contributed by atoms with Gasteiger partial charge in [0.15, 0.2) is 12.6 Å². The van der Waals surface area contributed by atoms with E-state index in [1.54, 1.807) is 19.2 Å². The first kappa shape index (κ1) is 21.8. The molecule has 25 heavy (non-hydrogen) atoms. The van der Waals surface area contributed by atoms with E-state index in [1.165, 1.54) is 21.3 Å². The van der Waals surface area contributed by atoms with Gasteiger partial charge in [0.2, 0.25) is 0 Å². The van der Waals surface area contributed by atoms with Gasteiger partial charge in [0.25, 0.3) is 0 Å². The summed E-state index contributed by atoms with van der Waals surface area (Å²) in [6.07, 6.45) is 0.739. The monoisotopic (exact) mass is 360 g/mol. The van der Waals surface area contributed by atoms with Crippen LogP contribution in [0.3, 0.4) is 0 Å². The van der Waals surface area contributed by atoms with Crippen LogP contribution in [-0.2, 0) is 30.3 Å². The van der Waals surface area contributed by atoms with E-state index in [4.69, 9.17) is 28.4 Å². The number of hydrogen-bond donors (Lipinski definition) is 0. The van der Waals surface area contributed by atoms with Crippen LogP contribution < -0.4 is 4.74 Å². The van der Waals surface area contributed by atoms with Crippen molar-refractivity contribution in [1.82, 2.24) is 0 Å². The molecule has 144 valence electrons. The molecule has 1 aromatic rings. The average Bonchev–Trinajstić information content (AvgIpc) is 2.63. The lowest BCUT2D eigenvalue weighted by atomic mass is 10.1. The van der Waals surface area contributed by atoms with Crippen molar-refractivity contribution < 1.29 is 32.8 Å². The Morgan fingerprint density at radius 3 is 2.28 bits per heavy atom. The van der Waals surface area contributed by atoms with Crippen molar-refractivity contribution in [2.75, 3.05) is 41.7 Å². The van der Waals surface area contributed by atoms with Gasteiger partial charge in [-0.25, -0.2) is 4.39 Å². The van der Waals surface area contributed by atoms with Crippen LogP contribution in [0.4, 0.5) is 4.39 Å². The lowest BCUT2D eigenvalue weighted by Crippen LogP contribution is -2.18. The van der Waals surface area contributed by atoms with Gasteiger partial charge in [0.05, 0.1) is 26.9 Å². The van der Waals surface area contributed by atoms with Crippen molar-refractivity contribution in [2.24, 2.45) is 0 Å². The summed E-state index contributed by atoms with van der Waals surface area (Å²) in [5, 5.41) is 0. The highest BCUT2D eigenvalue weighted by molar-refractivity contribution is 5.36. The van der Waals surface area contributed by atoms with E-state index >= 15 is 0 Å². The van der Waals surface area contributed by atoms with E-state index in [0.717, 1.165) is 12.8 Å². The number of benzene rings is 1. The molecule has 0 saturated heterocycles. The number of hydrogen-bond acceptors (Lipinski definition) is 6. The third-order valence-electron chi connectivity index (χ3n) is 3.64. The summed E-state index contributed by atoms with van der Waals surface area (Å²) in [5.41, 5.74) is 0.631. The Bertz CT molecular complexity index is 493. The minimum atomic E-state index is -0.811. The van der Waals surface area contributed by atoms with Crippen LogP contribution in [0.5, 0.6) is 5.75 Å². The van der Waals surface area contributed by atoms with Crippen LogP contribution in [0.25, 0.3) is 0 Å². The lowest BCUT2D eigenvalue weighted by Gasteiger charge is -2.18. The zero-order valence-corrected chi connectivity index (χ0v) is 15.7. The van der Waals surface area contributed by atoms with Gasteiger partial charge in [-0.2, -0.15) is 0 Å². The molecule has 0 fully saturated rings. The molecule has 1 atom stereocenters. The largest absolute Gasteiger partial charge is 0.497 e. The lowest BCUT2D eigenvalue weighted by molar-refractivity contribution is -0.137. The summed E-state index contributed by atoms with van der Waals surface area (Å²) < 4.78 is 46.4. The van der Waals surface area contributed by atoms with Gasteiger partial charge in [-0.05, 0) is 18.6 Å². The summed E-state index contributed by atoms with van der Waals surface area (Å²) in [7, 11) is 6.02. The zero-order valence-electron chi connectivity index (χ0n) is 15.7. The average molecular weight is 360 g/mol. The van der Waals surface area contributed by atoms with E-state index in [0.29, 0.717) is 24.5 Å². The van der Waals surface area contributed by atoms with Crippen LogP contribution in [0.2, 0.25) is 0 Å². The van der Waals surface area contributed by atoms with E-state index in [1.807, 2.05) is 0 Å². The smallest absolute Gasteiger partial charge is 0.186 e. The summed E-state index contributed by atoms with van der Waals surface area (Å²) in [4.78, 5) is 0. The fourth-order valence-electron chi connectivity index (χ4n) is 2.35. The van der Waals surface area contributed by atoms with Crippen LogP contribution in [-0.4, -0.2) is 47.9 Å². The molecule has 0 spiro atoms. The molecule has 0 aliphatic rings. The molecule has 0 N–H and O–H groups in total. The van der Waals surface area contributed by atoms with E-state index in [-0.39, 0.29) is 18.5 Å². The van der Waals surface area contributed by atoms with Gasteiger partial charge in [-0.15, -0.1) is 0 Å². The summed E-state index contributed by atoms with van der Waals surface area (Å²) in [5.74, 6) is 0.0731. The topological polar surface area (TPSA) is 55.4 Å². The van der Waals surface area contributed by atoms with Gasteiger partial charge >= 0.3 is 0 Å². The van der Waals surface area contributed by atoms with Gasteiger partial charge in [-0.3, -0.25) is 0 Å². The van der Waals surface area contributed by atoms with Crippen LogP contribution in [0.15, 0.2) is 12.1 Å². The Kier molecular flexibility index (Phi) is 10.6. The third-order valence-corrected chi connectivity index (χ3v) is 3.64. The molecule has 0 saturated carbocycles. The molecule has 6 nitrogen and oxygen atoms in total. The van der Waals surface area contributed by atoms with Crippen molar-refractivity contribution in [3.05, 3.63) is 29.1 Å². The second-order valence-electron chi connectivity index (χ2n) is 5.37. The first-order chi connectivity index (χ1) is 12.1. The molecular weight excluding hydrogens is 331 g/mol. The quantitative estimate of drug-likeness (QED) is 0.397. The molecule has 0 heterocycles. The Morgan fingerprint density at radius 1 is 1.00 bits per heavy atom. The SMILES string of the molecule is CCCC(OC)OCCOCc1cc(OC)cc(C(OC)OC)c1F. The predicted octanol–water partition coefficient (Wildman–Crippen LogP) is 3.43. The molecule has 1 aromatic carbocycles. The summed E-state index contributed by atoms with van der Waals surface area (Å²) >= 11 is 0. The molecule has 0 amide bonds. The van der Waals surface area contributed by atoms with Gasteiger partial charge in [-0.1, -0.05) is 13.3 Å². The molecule has 7 heteroatoms. The summed E-state index contributed by atoms with van der Waals surface area (Å²) in [6.45, 7) is 2.84. The van der Waals surface area contributed by atoms with E-state index in [2.05, 4.69) is 6.92 Å². The molecule has 0 radical (unpaired) electrons. The first-order valence-electron chi connectivity index (χ1n) is 8.25. The summed E-state index contributed by atoms with van der Waals surface area (Å²) in [6, 6.07) is 3.14. The van der Waals surface area contributed by atoms with Crippen LogP contribution >= 0.6 is 0 Å². The number of rotatable bonds is 13. The molecule has 0 aromatic heterocycles. The van der Waals surface area contributed by atoms with Crippen molar-refractivity contribution >= 4 is 0 Å². The van der Waals surface area contributed by atoms with Gasteiger partial charge in [0.1, 0.15) is 11.6 Å². The van der Waals surface area contributed by atoms with Gasteiger partial charge < -0.3 is 28.4 Å². The second kappa shape index (κ2) is 12.2. The van der Waals surface area contributed by atoms with Crippen molar-refractivity contribution in [1.29, 1.82) is 0 Å². The number of halogens is 1. The maximum absolute atomic E-state index is 14.7. The van der Waals surface area contributed by atoms with Gasteiger partial charge in [0, 0.05) is 32.5 Å². The molecular formula is C18H29FO6. The number of ether oxygens (including phenoxy) is 6. The minimum absolute atomic E-state index is 0.0883. The Balaban J connectivity index is 2.64. The van der Waals surface area contributed by atoms with E-state index < -0.39 is 12.1 Å². The Labute approximate surface area is 149 Å². The van der Waals surface area contributed by atoms with Crippen molar-refractivity contribution in [2.45, 2.75) is 39.0 Å². The normalized spacial score (nSPS) is 12.6. The molecule has 0 bridgehead atoms. The van der Waals surface area contributed by atoms with Crippen LogP contribution in [0, 0.1) is 5.82 Å². The van der Waals surface area contributed by atoms with E-state index in [9.17, 15) is 4.39 Å². The first-order valence-corrected chi connectivity index (χ1v) is 8.25. The highest BCUT2D eigenvalue weighted by atomic mass is 19.1. The fraction of sp³-hybridized carbons (Fsp3) is 0.667. The van der Waals surface area contributed by atoms with Crippen molar-refractivity contribution in [3.8, 4) is 5.75 Å². The maximum atomic E-state index is 14.7. The highest BCUT2D eigenvalue weighted by Crippen LogP contribution is 2.28. The zero-order chi connectivity index (χ0) is 18.7. The Morgan fingerprint density at radius 2 is 1.72 bits per heavy atom. The third kappa shape index (κ3) is 6.87. The van der Waals surface area contributed by atoms with Crippen molar-refractivity contribution in [3.63, 3.8) is 0 Å². The molecule has 0 aliphatic carbocycles. The minimum Gasteiger partial charge on any atom is -0.497 e. The van der Waals surface area contributed by atoms with Crippen LogP contribution in [0.1, 0.15) is 37.2 Å². The highest BCUT2D eigenvalue weighted by Gasteiger charge is 2.19. The number of methoxy groups -OCH3 is 4. The standard InChI is InChI=1S/C18H29FO6/c1-6-7-16(21-3)25-9-8-24-12-13-10-14(20-2)11-15(17(13)19)18(22-4)23-5/h10-11,16,18H,6-9,12H2,1-5H3. The maximum Gasteiger partial charge on any atom is 0.186 e. The fourth-order valence-corrected chi connectivity index (χ4v) is 2.35. The molecule has 0 aliphatic heterocycles. The Hall–Kier alpha value is -1.25. The molecule has 1 rings (SSSR count).